The van der Waals surface area contributed by atoms with E-state index in [0.29, 0.717) is 12.4 Å². The topological polar surface area (TPSA) is 38.7 Å². The van der Waals surface area contributed by atoms with Gasteiger partial charge in [0.25, 0.3) is 0 Å². The van der Waals surface area contributed by atoms with Gasteiger partial charge in [-0.1, -0.05) is 31.5 Å². The molecule has 0 fully saturated rings. The highest BCUT2D eigenvalue weighted by Crippen LogP contribution is 2.44. The maximum Gasteiger partial charge on any atom is 0.129 e. The number of aromatic hydroxyl groups is 1. The Balaban J connectivity index is 1.59. The number of hydrogen-bond acceptors (Lipinski definition) is 3. The fourth-order valence-electron chi connectivity index (χ4n) is 4.19. The van der Waals surface area contributed by atoms with E-state index in [0.717, 1.165) is 49.2 Å². The van der Waals surface area contributed by atoms with E-state index < -0.39 is 0 Å². The van der Waals surface area contributed by atoms with Crippen molar-refractivity contribution in [2.24, 2.45) is 0 Å². The first-order valence-corrected chi connectivity index (χ1v) is 9.75. The minimum absolute atomic E-state index is 0.107. The number of benzene rings is 2. The van der Waals surface area contributed by atoms with Crippen molar-refractivity contribution in [3.05, 3.63) is 52.6 Å². The monoisotopic (exact) mass is 352 g/mol. The molecule has 26 heavy (non-hydrogen) atoms. The molecule has 0 saturated heterocycles. The van der Waals surface area contributed by atoms with Crippen molar-refractivity contribution in [3.63, 3.8) is 0 Å². The first-order chi connectivity index (χ1) is 12.5. The largest absolute Gasteiger partial charge is 0.508 e. The van der Waals surface area contributed by atoms with Crippen molar-refractivity contribution in [1.82, 2.24) is 0 Å². The summed E-state index contributed by atoms with van der Waals surface area (Å²) in [6.07, 6.45) is 4.98. The molecule has 0 spiro atoms. The Bertz CT molecular complexity index is 822. The summed E-state index contributed by atoms with van der Waals surface area (Å²) in [4.78, 5) is 0. The maximum atomic E-state index is 10.5. The highest BCUT2D eigenvalue weighted by atomic mass is 16.5. The minimum Gasteiger partial charge on any atom is -0.508 e. The third-order valence-corrected chi connectivity index (χ3v) is 5.63. The van der Waals surface area contributed by atoms with Crippen LogP contribution in [0.15, 0.2) is 30.3 Å². The van der Waals surface area contributed by atoms with Gasteiger partial charge >= 0.3 is 0 Å². The van der Waals surface area contributed by atoms with E-state index in [1.54, 1.807) is 0 Å². The second-order valence-corrected chi connectivity index (χ2v) is 8.25. The molecule has 3 nitrogen and oxygen atoms in total. The van der Waals surface area contributed by atoms with E-state index in [9.17, 15) is 5.11 Å². The Morgan fingerprint density at radius 1 is 1.19 bits per heavy atom. The second-order valence-electron chi connectivity index (χ2n) is 8.25. The molecule has 4 rings (SSSR count). The van der Waals surface area contributed by atoms with Gasteiger partial charge in [-0.3, -0.25) is 0 Å². The fraction of sp³-hybridized carbons (Fsp3) is 0.478. The average molecular weight is 352 g/mol. The van der Waals surface area contributed by atoms with Gasteiger partial charge in [0.05, 0.1) is 6.61 Å². The lowest BCUT2D eigenvalue weighted by atomic mass is 9.86. The third kappa shape index (κ3) is 3.15. The summed E-state index contributed by atoms with van der Waals surface area (Å²) >= 11 is 0. The smallest absolute Gasteiger partial charge is 0.129 e. The van der Waals surface area contributed by atoms with Crippen LogP contribution in [0.2, 0.25) is 0 Å². The molecular weight excluding hydrogens is 324 g/mol. The lowest BCUT2D eigenvalue weighted by molar-refractivity contribution is 0.0826. The molecule has 0 saturated carbocycles. The molecule has 2 aliphatic heterocycles. The Morgan fingerprint density at radius 2 is 2.04 bits per heavy atom. The predicted molar refractivity (Wildman–Crippen MR) is 104 cm³/mol. The molecule has 2 aromatic carbocycles. The van der Waals surface area contributed by atoms with E-state index >= 15 is 0 Å². The van der Waals surface area contributed by atoms with Gasteiger partial charge in [0.2, 0.25) is 0 Å². The van der Waals surface area contributed by atoms with E-state index in [4.69, 9.17) is 9.47 Å². The average Bonchev–Trinajstić information content (AvgIpc) is 2.60. The highest BCUT2D eigenvalue weighted by Gasteiger charge is 2.32. The number of ether oxygens (including phenoxy) is 2. The number of hydrogen-bond donors (Lipinski definition) is 1. The van der Waals surface area contributed by atoms with Crippen LogP contribution >= 0.6 is 0 Å². The first kappa shape index (κ1) is 17.3. The molecule has 0 bridgehead atoms. The zero-order valence-electron chi connectivity index (χ0n) is 16.0. The Morgan fingerprint density at radius 3 is 2.81 bits per heavy atom. The van der Waals surface area contributed by atoms with Crippen LogP contribution in [0, 0.1) is 0 Å². The number of phenolic OH excluding ortho intramolecular Hbond substituents is 1. The molecule has 0 unspecified atom stereocenters. The van der Waals surface area contributed by atoms with Crippen molar-refractivity contribution >= 4 is 0 Å². The molecule has 1 atom stereocenters. The number of phenols is 1. The Labute approximate surface area is 156 Å². The summed E-state index contributed by atoms with van der Waals surface area (Å²) in [7, 11) is 0. The van der Waals surface area contributed by atoms with Gasteiger partial charge < -0.3 is 14.6 Å². The second kappa shape index (κ2) is 6.53. The van der Waals surface area contributed by atoms with E-state index in [1.807, 2.05) is 6.07 Å². The summed E-state index contributed by atoms with van der Waals surface area (Å²) in [6, 6.07) is 10.3. The molecule has 138 valence electrons. The zero-order valence-corrected chi connectivity index (χ0v) is 16.0. The van der Waals surface area contributed by atoms with Crippen LogP contribution in [0.4, 0.5) is 0 Å². The van der Waals surface area contributed by atoms with Gasteiger partial charge in [-0.15, -0.1) is 0 Å². The van der Waals surface area contributed by atoms with E-state index in [-0.39, 0.29) is 11.5 Å². The van der Waals surface area contributed by atoms with Crippen molar-refractivity contribution in [2.75, 3.05) is 6.61 Å². The lowest BCUT2D eigenvalue weighted by Gasteiger charge is -2.35. The van der Waals surface area contributed by atoms with E-state index in [1.165, 1.54) is 16.7 Å². The highest BCUT2D eigenvalue weighted by molar-refractivity contribution is 5.53. The fourth-order valence-corrected chi connectivity index (χ4v) is 4.19. The summed E-state index contributed by atoms with van der Waals surface area (Å²) in [6.45, 7) is 7.03. The minimum atomic E-state index is -0.107. The number of rotatable bonds is 3. The van der Waals surface area contributed by atoms with Gasteiger partial charge in [0, 0.05) is 17.0 Å². The number of aryl methyl sites for hydroxylation is 1. The summed E-state index contributed by atoms with van der Waals surface area (Å²) in [5.41, 5.74) is 4.51. The summed E-state index contributed by atoms with van der Waals surface area (Å²) in [5, 5.41) is 10.5. The van der Waals surface area contributed by atoms with E-state index in [2.05, 4.69) is 45.0 Å². The van der Waals surface area contributed by atoms with Gasteiger partial charge in [-0.2, -0.15) is 0 Å². The van der Waals surface area contributed by atoms with Gasteiger partial charge in [0.1, 0.15) is 22.8 Å². The summed E-state index contributed by atoms with van der Waals surface area (Å²) in [5.74, 6) is 2.56. The zero-order chi connectivity index (χ0) is 18.3. The molecule has 2 aliphatic rings. The Kier molecular flexibility index (Phi) is 4.34. The molecule has 0 aromatic heterocycles. The molecule has 0 amide bonds. The third-order valence-electron chi connectivity index (χ3n) is 5.63. The van der Waals surface area contributed by atoms with Gasteiger partial charge in [-0.05, 0) is 62.8 Å². The standard InChI is InChI=1S/C23H28O3/c1-4-5-15-6-8-18(20(24)12-15)17-13-16-7-9-21-19(22(16)25-14-17)10-11-23(2,3)26-21/h6-9,12,17,24H,4-5,10-11,13-14H2,1-3H3/t17-/m1/s1. The van der Waals surface area contributed by atoms with Crippen LogP contribution < -0.4 is 9.47 Å². The molecule has 2 heterocycles. The normalized spacial score (nSPS) is 20.5. The van der Waals surface area contributed by atoms with Crippen LogP contribution in [0.1, 0.15) is 61.8 Å². The molecule has 3 heteroatoms. The maximum absolute atomic E-state index is 10.5. The van der Waals surface area contributed by atoms with Gasteiger partial charge in [0.15, 0.2) is 0 Å². The predicted octanol–water partition coefficient (Wildman–Crippen LogP) is 5.17. The van der Waals surface area contributed by atoms with Crippen molar-refractivity contribution in [3.8, 4) is 17.2 Å². The quantitative estimate of drug-likeness (QED) is 0.828. The number of fused-ring (bicyclic) bond motifs is 3. The first-order valence-electron chi connectivity index (χ1n) is 9.75. The Hall–Kier alpha value is -2.16. The van der Waals surface area contributed by atoms with Crippen LogP contribution in [-0.4, -0.2) is 17.3 Å². The SMILES string of the molecule is CCCc1ccc([C@H]2COc3c(ccc4c3CCC(C)(C)O4)C2)c(O)c1. The molecule has 2 aromatic rings. The van der Waals surface area contributed by atoms with Gasteiger partial charge in [-0.25, -0.2) is 0 Å². The molecule has 1 N–H and O–H groups in total. The van der Waals surface area contributed by atoms with Crippen molar-refractivity contribution in [1.29, 1.82) is 0 Å². The van der Waals surface area contributed by atoms with Crippen molar-refractivity contribution in [2.45, 2.75) is 64.4 Å². The molecule has 0 radical (unpaired) electrons. The van der Waals surface area contributed by atoms with Crippen LogP contribution in [0.25, 0.3) is 0 Å². The molecular formula is C23H28O3. The van der Waals surface area contributed by atoms with Crippen LogP contribution in [-0.2, 0) is 19.3 Å². The molecule has 0 aliphatic carbocycles. The van der Waals surface area contributed by atoms with Crippen molar-refractivity contribution < 1.29 is 14.6 Å². The van der Waals surface area contributed by atoms with Crippen LogP contribution in [0.5, 0.6) is 17.2 Å². The lowest BCUT2D eigenvalue weighted by Crippen LogP contribution is -2.33. The summed E-state index contributed by atoms with van der Waals surface area (Å²) < 4.78 is 12.3. The van der Waals surface area contributed by atoms with Crippen LogP contribution in [0.3, 0.4) is 0 Å².